The summed E-state index contributed by atoms with van der Waals surface area (Å²) in [5, 5.41) is 11.4. The van der Waals surface area contributed by atoms with E-state index in [9.17, 15) is 14.7 Å². The summed E-state index contributed by atoms with van der Waals surface area (Å²) < 4.78 is 0.746. The van der Waals surface area contributed by atoms with Gasteiger partial charge in [0.15, 0.2) is 0 Å². The standard InChI is InChI=1S/C22H14BrClN2O3/c23-15-8-11-17(25-12-15)26-19(13-4-2-1-3-5-13)18(21(28)22(26)29)20(27)14-6-9-16(24)10-7-14/h1-12,19,27H/b20-18+. The van der Waals surface area contributed by atoms with Gasteiger partial charge < -0.3 is 5.11 Å². The number of halogens is 2. The minimum Gasteiger partial charge on any atom is -0.507 e. The molecule has 0 bridgehead atoms. The van der Waals surface area contributed by atoms with Crippen LogP contribution >= 0.6 is 27.5 Å². The quantitative estimate of drug-likeness (QED) is 0.328. The molecule has 1 amide bonds. The molecule has 1 atom stereocenters. The number of amides is 1. The Morgan fingerprint density at radius 3 is 2.31 bits per heavy atom. The molecule has 1 aliphatic heterocycles. The van der Waals surface area contributed by atoms with Gasteiger partial charge in [-0.25, -0.2) is 4.98 Å². The molecule has 5 nitrogen and oxygen atoms in total. The van der Waals surface area contributed by atoms with Crippen LogP contribution in [0.25, 0.3) is 5.76 Å². The largest absolute Gasteiger partial charge is 0.507 e. The second-order valence-electron chi connectivity index (χ2n) is 6.42. The van der Waals surface area contributed by atoms with Gasteiger partial charge in [-0.15, -0.1) is 0 Å². The molecule has 0 aliphatic carbocycles. The zero-order valence-electron chi connectivity index (χ0n) is 14.9. The number of ketones is 1. The lowest BCUT2D eigenvalue weighted by Crippen LogP contribution is -2.30. The third kappa shape index (κ3) is 3.57. The molecule has 2 heterocycles. The van der Waals surface area contributed by atoms with E-state index >= 15 is 0 Å². The van der Waals surface area contributed by atoms with Gasteiger partial charge in [0.25, 0.3) is 5.78 Å². The monoisotopic (exact) mass is 468 g/mol. The Morgan fingerprint density at radius 2 is 1.69 bits per heavy atom. The number of aliphatic hydroxyl groups is 1. The summed E-state index contributed by atoms with van der Waals surface area (Å²) in [5.74, 6) is -1.45. The van der Waals surface area contributed by atoms with Crippen LogP contribution in [0.15, 0.2) is 83.0 Å². The molecule has 2 aromatic carbocycles. The first kappa shape index (κ1) is 19.4. The number of hydrogen-bond acceptors (Lipinski definition) is 4. The summed E-state index contributed by atoms with van der Waals surface area (Å²) in [4.78, 5) is 31.5. The number of aliphatic hydroxyl groups excluding tert-OH is 1. The highest BCUT2D eigenvalue weighted by Gasteiger charge is 2.47. The van der Waals surface area contributed by atoms with Crippen molar-refractivity contribution in [2.24, 2.45) is 0 Å². The number of pyridine rings is 1. The normalized spacial score (nSPS) is 18.3. The molecule has 29 heavy (non-hydrogen) atoms. The number of benzene rings is 2. The predicted molar refractivity (Wildman–Crippen MR) is 115 cm³/mol. The molecular formula is C22H14BrClN2O3. The summed E-state index contributed by atoms with van der Waals surface area (Å²) in [6.07, 6.45) is 1.55. The number of hydrogen-bond donors (Lipinski definition) is 1. The zero-order valence-corrected chi connectivity index (χ0v) is 17.3. The molecule has 0 spiro atoms. The summed E-state index contributed by atoms with van der Waals surface area (Å²) in [7, 11) is 0. The maximum absolute atomic E-state index is 12.9. The molecule has 1 fully saturated rings. The van der Waals surface area contributed by atoms with Crippen molar-refractivity contribution in [3.05, 3.63) is 99.1 Å². The zero-order chi connectivity index (χ0) is 20.5. The van der Waals surface area contributed by atoms with Gasteiger partial charge in [0.2, 0.25) is 0 Å². The van der Waals surface area contributed by atoms with Gasteiger partial charge in [0, 0.05) is 21.3 Å². The van der Waals surface area contributed by atoms with Gasteiger partial charge in [0.05, 0.1) is 11.6 Å². The van der Waals surface area contributed by atoms with Crippen LogP contribution in [0.2, 0.25) is 5.02 Å². The van der Waals surface area contributed by atoms with Crippen LogP contribution in [0.1, 0.15) is 17.2 Å². The minimum atomic E-state index is -0.805. The van der Waals surface area contributed by atoms with Crippen LogP contribution in [0.4, 0.5) is 5.82 Å². The molecule has 1 aromatic heterocycles. The summed E-state index contributed by atoms with van der Waals surface area (Å²) in [6.45, 7) is 0. The minimum absolute atomic E-state index is 0.00763. The van der Waals surface area contributed by atoms with Crippen molar-refractivity contribution < 1.29 is 14.7 Å². The lowest BCUT2D eigenvalue weighted by Gasteiger charge is -2.24. The fourth-order valence-corrected chi connectivity index (χ4v) is 3.65. The highest BCUT2D eigenvalue weighted by molar-refractivity contribution is 9.10. The van der Waals surface area contributed by atoms with Gasteiger partial charge in [-0.2, -0.15) is 0 Å². The van der Waals surface area contributed by atoms with E-state index in [0.717, 1.165) is 4.47 Å². The Hall–Kier alpha value is -2.96. The van der Waals surface area contributed by atoms with E-state index in [2.05, 4.69) is 20.9 Å². The summed E-state index contributed by atoms with van der Waals surface area (Å²) in [5.41, 5.74) is 1.09. The van der Waals surface area contributed by atoms with Crippen LogP contribution in [-0.4, -0.2) is 21.8 Å². The Kier molecular flexibility index (Phi) is 5.22. The highest BCUT2D eigenvalue weighted by atomic mass is 79.9. The second-order valence-corrected chi connectivity index (χ2v) is 7.77. The Morgan fingerprint density at radius 1 is 1.00 bits per heavy atom. The fraction of sp³-hybridized carbons (Fsp3) is 0.0455. The molecule has 4 rings (SSSR count). The molecule has 1 N–H and O–H groups in total. The van der Waals surface area contributed by atoms with E-state index in [1.54, 1.807) is 54.7 Å². The lowest BCUT2D eigenvalue weighted by molar-refractivity contribution is -0.132. The molecule has 1 unspecified atom stereocenters. The van der Waals surface area contributed by atoms with Crippen LogP contribution in [0.5, 0.6) is 0 Å². The molecule has 7 heteroatoms. The third-order valence-electron chi connectivity index (χ3n) is 4.64. The number of anilines is 1. The maximum Gasteiger partial charge on any atom is 0.301 e. The second kappa shape index (κ2) is 7.81. The topological polar surface area (TPSA) is 70.5 Å². The average Bonchev–Trinajstić information content (AvgIpc) is 3.00. The van der Waals surface area contributed by atoms with Gasteiger partial charge in [-0.05, 0) is 57.9 Å². The van der Waals surface area contributed by atoms with Crippen molar-refractivity contribution in [1.82, 2.24) is 4.98 Å². The van der Waals surface area contributed by atoms with Crippen LogP contribution < -0.4 is 4.90 Å². The molecule has 144 valence electrons. The van der Waals surface area contributed by atoms with Crippen molar-refractivity contribution in [2.75, 3.05) is 4.90 Å². The van der Waals surface area contributed by atoms with E-state index in [1.165, 1.54) is 4.90 Å². The summed E-state index contributed by atoms with van der Waals surface area (Å²) in [6, 6.07) is 18.1. The van der Waals surface area contributed by atoms with E-state index in [-0.39, 0.29) is 11.3 Å². The highest BCUT2D eigenvalue weighted by Crippen LogP contribution is 2.41. The fourth-order valence-electron chi connectivity index (χ4n) is 3.29. The lowest BCUT2D eigenvalue weighted by atomic mass is 9.95. The molecule has 1 aliphatic rings. The van der Waals surface area contributed by atoms with E-state index in [0.29, 0.717) is 22.0 Å². The molecular weight excluding hydrogens is 456 g/mol. The van der Waals surface area contributed by atoms with Gasteiger partial charge in [0.1, 0.15) is 11.6 Å². The third-order valence-corrected chi connectivity index (χ3v) is 5.36. The number of rotatable bonds is 3. The number of Topliss-reactive ketones (excluding diaryl/α,β-unsaturated/α-hetero) is 1. The molecule has 0 saturated carbocycles. The van der Waals surface area contributed by atoms with E-state index in [4.69, 9.17) is 11.6 Å². The number of carbonyl (C=O) groups excluding carboxylic acids is 2. The van der Waals surface area contributed by atoms with E-state index in [1.807, 2.05) is 18.2 Å². The predicted octanol–water partition coefficient (Wildman–Crippen LogP) is 5.12. The van der Waals surface area contributed by atoms with Crippen molar-refractivity contribution >= 4 is 50.8 Å². The van der Waals surface area contributed by atoms with Gasteiger partial charge in [-0.3, -0.25) is 14.5 Å². The Bertz CT molecular complexity index is 1110. The van der Waals surface area contributed by atoms with Gasteiger partial charge in [-0.1, -0.05) is 41.9 Å². The first-order valence-electron chi connectivity index (χ1n) is 8.71. The Balaban J connectivity index is 1.93. The average molecular weight is 470 g/mol. The first-order chi connectivity index (χ1) is 14.0. The van der Waals surface area contributed by atoms with Crippen LogP contribution in [0, 0.1) is 0 Å². The van der Waals surface area contributed by atoms with E-state index < -0.39 is 17.7 Å². The molecule has 3 aromatic rings. The van der Waals surface area contributed by atoms with Gasteiger partial charge >= 0.3 is 5.91 Å². The van der Waals surface area contributed by atoms with Crippen molar-refractivity contribution in [3.63, 3.8) is 0 Å². The number of aromatic nitrogens is 1. The Labute approximate surface area is 180 Å². The van der Waals surface area contributed by atoms with Crippen LogP contribution in [-0.2, 0) is 9.59 Å². The number of nitrogens with zero attached hydrogens (tertiary/aromatic N) is 2. The SMILES string of the molecule is O=C1C(=O)N(c2ccc(Br)cn2)C(c2ccccc2)/C1=C(\O)c1ccc(Cl)cc1. The molecule has 1 saturated heterocycles. The van der Waals surface area contributed by atoms with Crippen molar-refractivity contribution in [2.45, 2.75) is 6.04 Å². The number of carbonyl (C=O) groups is 2. The summed E-state index contributed by atoms with van der Waals surface area (Å²) >= 11 is 9.25. The smallest absolute Gasteiger partial charge is 0.301 e. The van der Waals surface area contributed by atoms with Crippen molar-refractivity contribution in [3.8, 4) is 0 Å². The first-order valence-corrected chi connectivity index (χ1v) is 9.88. The van der Waals surface area contributed by atoms with Crippen molar-refractivity contribution in [1.29, 1.82) is 0 Å². The van der Waals surface area contributed by atoms with Crippen LogP contribution in [0.3, 0.4) is 0 Å². The molecule has 0 radical (unpaired) electrons. The maximum atomic E-state index is 12.9.